The topological polar surface area (TPSA) is 76.0 Å². The van der Waals surface area contributed by atoms with Crippen LogP contribution in [0.1, 0.15) is 42.0 Å². The van der Waals surface area contributed by atoms with Crippen molar-refractivity contribution in [3.63, 3.8) is 0 Å². The van der Waals surface area contributed by atoms with Crippen molar-refractivity contribution in [1.29, 1.82) is 0 Å². The van der Waals surface area contributed by atoms with E-state index in [0.29, 0.717) is 10.0 Å². The van der Waals surface area contributed by atoms with E-state index >= 15 is 0 Å². The van der Waals surface area contributed by atoms with Crippen molar-refractivity contribution in [2.45, 2.75) is 41.8 Å². The molecule has 0 spiro atoms. The molecule has 2 aromatic heterocycles. The molecule has 1 N–H and O–H groups in total. The van der Waals surface area contributed by atoms with Gasteiger partial charge in [0.25, 0.3) is 0 Å². The lowest BCUT2D eigenvalue weighted by molar-refractivity contribution is 0.0701. The van der Waals surface area contributed by atoms with Crippen LogP contribution in [0.5, 0.6) is 0 Å². The molecule has 0 fully saturated rings. The third-order valence-electron chi connectivity index (χ3n) is 2.22. The molecule has 2 rings (SSSR count). The molecule has 0 atom stereocenters. The van der Waals surface area contributed by atoms with Gasteiger partial charge in [-0.2, -0.15) is 4.37 Å². The molecular weight excluding hydrogens is 302 g/mol. The van der Waals surface area contributed by atoms with Gasteiger partial charge in [0, 0.05) is 5.41 Å². The number of carbonyl (C=O) groups is 1. The van der Waals surface area contributed by atoms with E-state index in [2.05, 4.69) is 35.1 Å². The summed E-state index contributed by atoms with van der Waals surface area (Å²) in [5, 5.41) is 8.99. The maximum Gasteiger partial charge on any atom is 0.347 e. The molecule has 0 aromatic carbocycles. The number of aryl methyl sites for hydroxylation is 1. The molecule has 0 unspecified atom stereocenters. The van der Waals surface area contributed by atoms with Crippen LogP contribution >= 0.6 is 34.6 Å². The molecular formula is C11H13N3O2S3. The van der Waals surface area contributed by atoms with Gasteiger partial charge in [-0.3, -0.25) is 0 Å². The van der Waals surface area contributed by atoms with Gasteiger partial charge in [0.1, 0.15) is 10.7 Å². The standard InChI is InChI=1S/C11H13N3O2S3/c1-5-6(7(15)16)17-9(12-5)18-10-13-8(14-19-10)11(2,3)4/h1-4H3,(H,15,16). The highest BCUT2D eigenvalue weighted by molar-refractivity contribution is 8.02. The fourth-order valence-electron chi connectivity index (χ4n) is 1.24. The smallest absolute Gasteiger partial charge is 0.347 e. The van der Waals surface area contributed by atoms with Crippen molar-refractivity contribution >= 4 is 40.6 Å². The van der Waals surface area contributed by atoms with Crippen LogP contribution in [0.25, 0.3) is 0 Å². The number of hydrogen-bond acceptors (Lipinski definition) is 7. The lowest BCUT2D eigenvalue weighted by Crippen LogP contribution is -2.12. The van der Waals surface area contributed by atoms with Gasteiger partial charge in [0.05, 0.1) is 5.69 Å². The van der Waals surface area contributed by atoms with Crippen LogP contribution in [0.4, 0.5) is 0 Å². The maximum atomic E-state index is 11.0. The van der Waals surface area contributed by atoms with Gasteiger partial charge < -0.3 is 5.11 Å². The summed E-state index contributed by atoms with van der Waals surface area (Å²) in [7, 11) is 0. The summed E-state index contributed by atoms with van der Waals surface area (Å²) in [5.74, 6) is -0.138. The van der Waals surface area contributed by atoms with Crippen LogP contribution < -0.4 is 0 Å². The first-order chi connectivity index (χ1) is 8.77. The number of nitrogens with zero attached hydrogens (tertiary/aromatic N) is 3. The zero-order valence-corrected chi connectivity index (χ0v) is 13.4. The second-order valence-corrected chi connectivity index (χ2v) is 8.18. The van der Waals surface area contributed by atoms with E-state index in [1.807, 2.05) is 0 Å². The molecule has 0 amide bonds. The van der Waals surface area contributed by atoms with Crippen LogP contribution in [0.15, 0.2) is 8.68 Å². The van der Waals surface area contributed by atoms with Crippen molar-refractivity contribution < 1.29 is 9.90 Å². The van der Waals surface area contributed by atoms with Gasteiger partial charge in [-0.25, -0.2) is 14.8 Å². The van der Waals surface area contributed by atoms with E-state index in [-0.39, 0.29) is 10.3 Å². The van der Waals surface area contributed by atoms with Crippen molar-refractivity contribution in [3.8, 4) is 0 Å². The van der Waals surface area contributed by atoms with Crippen LogP contribution in [-0.2, 0) is 5.41 Å². The quantitative estimate of drug-likeness (QED) is 0.935. The van der Waals surface area contributed by atoms with E-state index in [1.165, 1.54) is 34.6 Å². The van der Waals surface area contributed by atoms with Gasteiger partial charge in [0.15, 0.2) is 8.68 Å². The molecule has 8 heteroatoms. The molecule has 102 valence electrons. The molecule has 0 radical (unpaired) electrons. The van der Waals surface area contributed by atoms with Crippen LogP contribution in [0, 0.1) is 6.92 Å². The highest BCUT2D eigenvalue weighted by Gasteiger charge is 2.21. The Morgan fingerprint density at radius 1 is 1.26 bits per heavy atom. The minimum atomic E-state index is -0.936. The summed E-state index contributed by atoms with van der Waals surface area (Å²) in [6.45, 7) is 7.86. The first-order valence-corrected chi connectivity index (χ1v) is 7.91. The second kappa shape index (κ2) is 5.18. The van der Waals surface area contributed by atoms with Gasteiger partial charge in [-0.15, -0.1) is 0 Å². The SMILES string of the molecule is Cc1nc(Sc2nc(C(C)(C)C)ns2)sc1C(=O)O. The highest BCUT2D eigenvalue weighted by Crippen LogP contribution is 2.35. The van der Waals surface area contributed by atoms with Gasteiger partial charge in [-0.1, -0.05) is 32.1 Å². The summed E-state index contributed by atoms with van der Waals surface area (Å²) in [4.78, 5) is 19.9. The number of carboxylic acid groups (broad SMARTS) is 1. The zero-order chi connectivity index (χ0) is 14.2. The number of hydrogen-bond donors (Lipinski definition) is 1. The minimum Gasteiger partial charge on any atom is -0.477 e. The van der Waals surface area contributed by atoms with E-state index in [9.17, 15) is 4.79 Å². The fourth-order valence-corrected chi connectivity index (χ4v) is 4.26. The average molecular weight is 315 g/mol. The van der Waals surface area contributed by atoms with Gasteiger partial charge >= 0.3 is 5.97 Å². The maximum absolute atomic E-state index is 11.0. The fraction of sp³-hybridized carbons (Fsp3) is 0.455. The molecule has 0 aliphatic heterocycles. The largest absolute Gasteiger partial charge is 0.477 e. The Morgan fingerprint density at radius 2 is 1.95 bits per heavy atom. The summed E-state index contributed by atoms with van der Waals surface area (Å²) in [5.41, 5.74) is 0.459. The lowest BCUT2D eigenvalue weighted by atomic mass is 9.96. The number of aromatic carboxylic acids is 1. The molecule has 0 saturated carbocycles. The van der Waals surface area contributed by atoms with Crippen LogP contribution in [-0.4, -0.2) is 25.4 Å². The van der Waals surface area contributed by atoms with E-state index in [4.69, 9.17) is 5.11 Å². The summed E-state index contributed by atoms with van der Waals surface area (Å²) in [6, 6.07) is 0. The van der Waals surface area contributed by atoms with Crippen molar-refractivity contribution in [2.24, 2.45) is 0 Å². The summed E-state index contributed by atoms with van der Waals surface area (Å²) >= 11 is 3.85. The summed E-state index contributed by atoms with van der Waals surface area (Å²) < 4.78 is 5.79. The van der Waals surface area contributed by atoms with E-state index in [0.717, 1.165) is 10.2 Å². The zero-order valence-electron chi connectivity index (χ0n) is 10.9. The van der Waals surface area contributed by atoms with Crippen LogP contribution in [0.3, 0.4) is 0 Å². The lowest BCUT2D eigenvalue weighted by Gasteiger charge is -2.11. The minimum absolute atomic E-state index is 0.0830. The van der Waals surface area contributed by atoms with Gasteiger partial charge in [0.2, 0.25) is 0 Å². The van der Waals surface area contributed by atoms with Crippen molar-refractivity contribution in [3.05, 3.63) is 16.4 Å². The third kappa shape index (κ3) is 3.31. The molecule has 19 heavy (non-hydrogen) atoms. The highest BCUT2D eigenvalue weighted by atomic mass is 32.2. The van der Waals surface area contributed by atoms with E-state index < -0.39 is 5.97 Å². The predicted octanol–water partition coefficient (Wildman–Crippen LogP) is 3.45. The van der Waals surface area contributed by atoms with Crippen molar-refractivity contribution in [2.75, 3.05) is 0 Å². The molecule has 5 nitrogen and oxygen atoms in total. The Labute approximate surface area is 123 Å². The number of rotatable bonds is 3. The monoisotopic (exact) mass is 315 g/mol. The Kier molecular flexibility index (Phi) is 3.93. The normalized spacial score (nSPS) is 11.8. The molecule has 0 saturated heterocycles. The Hall–Kier alpha value is -0.990. The first kappa shape index (κ1) is 14.4. The number of aromatic nitrogens is 3. The molecule has 0 bridgehead atoms. The Morgan fingerprint density at radius 3 is 2.42 bits per heavy atom. The Balaban J connectivity index is 2.20. The first-order valence-electron chi connectivity index (χ1n) is 5.50. The average Bonchev–Trinajstić information content (AvgIpc) is 2.85. The summed E-state index contributed by atoms with van der Waals surface area (Å²) in [6.07, 6.45) is 0. The predicted molar refractivity (Wildman–Crippen MR) is 76.5 cm³/mol. The molecule has 0 aliphatic carbocycles. The molecule has 2 heterocycles. The Bertz CT molecular complexity index is 613. The number of carboxylic acids is 1. The van der Waals surface area contributed by atoms with Crippen LogP contribution in [0.2, 0.25) is 0 Å². The van der Waals surface area contributed by atoms with E-state index in [1.54, 1.807) is 6.92 Å². The molecule has 0 aliphatic rings. The second-order valence-electron chi connectivity index (χ2n) is 4.94. The number of thiazole rings is 1. The third-order valence-corrected chi connectivity index (χ3v) is 5.18. The van der Waals surface area contributed by atoms with Gasteiger partial charge in [-0.05, 0) is 30.2 Å². The molecule has 2 aromatic rings. The van der Waals surface area contributed by atoms with Crippen molar-refractivity contribution in [1.82, 2.24) is 14.3 Å².